The van der Waals surface area contributed by atoms with Gasteiger partial charge >= 0.3 is 29.3 Å². The summed E-state index contributed by atoms with van der Waals surface area (Å²) in [5.74, 6) is 0. The normalized spacial score (nSPS) is 12.3. The number of nitrogens with zero attached hydrogens (tertiary/aromatic N) is 1. The molecule has 0 heterocycles. The summed E-state index contributed by atoms with van der Waals surface area (Å²) in [4.78, 5) is 25.7. The van der Waals surface area contributed by atoms with Gasteiger partial charge in [0.25, 0.3) is 0 Å². The standard InChI is InChI=1S/C6H15N.CH7O3P/c1-4-7(5-2)6-3;1-5(2,3)4/h4-6H2,1-3H3;2-5H,1H3. The summed E-state index contributed by atoms with van der Waals surface area (Å²) in [7, 11) is -3.61. The zero-order chi connectivity index (χ0) is 10.2. The summed E-state index contributed by atoms with van der Waals surface area (Å²) in [6.07, 6.45) is 0. The first-order valence-corrected chi connectivity index (χ1v) is 6.58. The van der Waals surface area contributed by atoms with E-state index in [1.807, 2.05) is 0 Å². The Balaban J connectivity index is 0. The molecule has 0 aromatic heterocycles. The first-order chi connectivity index (χ1) is 5.35. The molecule has 0 bridgehead atoms. The fourth-order valence-electron chi connectivity index (χ4n) is 0.671. The summed E-state index contributed by atoms with van der Waals surface area (Å²) < 4.78 is 0. The topological polar surface area (TPSA) is 63.9 Å². The van der Waals surface area contributed by atoms with E-state index in [9.17, 15) is 0 Å². The van der Waals surface area contributed by atoms with Crippen molar-refractivity contribution >= 4 is 7.94 Å². The molecule has 3 N–H and O–H groups in total. The molecule has 0 saturated carbocycles. The van der Waals surface area contributed by atoms with Gasteiger partial charge in [0, 0.05) is 0 Å². The van der Waals surface area contributed by atoms with Gasteiger partial charge in [-0.1, -0.05) is 20.8 Å². The molecule has 0 saturated heterocycles. The van der Waals surface area contributed by atoms with Crippen LogP contribution in [0.5, 0.6) is 0 Å². The molecule has 0 amide bonds. The molecule has 0 rings (SSSR count). The van der Waals surface area contributed by atoms with Crippen LogP contribution in [0.3, 0.4) is 0 Å². The Morgan fingerprint density at radius 2 is 1.08 bits per heavy atom. The average Bonchev–Trinajstić information content (AvgIpc) is 1.88. The van der Waals surface area contributed by atoms with Crippen molar-refractivity contribution in [3.05, 3.63) is 0 Å². The van der Waals surface area contributed by atoms with Gasteiger partial charge in [0.2, 0.25) is 0 Å². The summed E-state index contributed by atoms with van der Waals surface area (Å²) in [5.41, 5.74) is 0. The number of rotatable bonds is 3. The summed E-state index contributed by atoms with van der Waals surface area (Å²) in [6.45, 7) is 11.1. The Labute approximate surface area is 75.4 Å². The second-order valence-electron chi connectivity index (χ2n) is 2.59. The predicted octanol–water partition coefficient (Wildman–Crippen LogP) is 0.436. The van der Waals surface area contributed by atoms with Gasteiger partial charge in [-0.3, -0.25) is 0 Å². The molecule has 5 heteroatoms. The van der Waals surface area contributed by atoms with Crippen molar-refractivity contribution in [1.29, 1.82) is 0 Å². The molecule has 0 unspecified atom stereocenters. The minimum absolute atomic E-state index is 0.993. The third-order valence-electron chi connectivity index (χ3n) is 1.34. The maximum absolute atomic E-state index is 7.77. The third kappa shape index (κ3) is 22.4. The van der Waals surface area contributed by atoms with Crippen LogP contribution in [-0.2, 0) is 0 Å². The van der Waals surface area contributed by atoms with Crippen molar-refractivity contribution < 1.29 is 14.7 Å². The second kappa shape index (κ2) is 7.90. The average molecular weight is 199 g/mol. The molecule has 0 atom stereocenters. The van der Waals surface area contributed by atoms with Gasteiger partial charge in [-0.05, 0) is 19.6 Å². The first kappa shape index (κ1) is 14.8. The summed E-state index contributed by atoms with van der Waals surface area (Å²) >= 11 is 0. The first-order valence-electron chi connectivity index (χ1n) is 4.24. The van der Waals surface area contributed by atoms with E-state index in [2.05, 4.69) is 25.7 Å². The quantitative estimate of drug-likeness (QED) is 0.577. The van der Waals surface area contributed by atoms with Crippen LogP contribution in [0.1, 0.15) is 20.8 Å². The van der Waals surface area contributed by atoms with Crippen molar-refractivity contribution in [3.8, 4) is 0 Å². The van der Waals surface area contributed by atoms with E-state index in [0.29, 0.717) is 0 Å². The molecule has 0 aliphatic heterocycles. The molecular formula is C7H22NO3P. The van der Waals surface area contributed by atoms with E-state index in [-0.39, 0.29) is 0 Å². The van der Waals surface area contributed by atoms with Gasteiger partial charge in [-0.15, -0.1) is 0 Å². The van der Waals surface area contributed by atoms with Gasteiger partial charge in [0.05, 0.1) is 0 Å². The van der Waals surface area contributed by atoms with Gasteiger partial charge in [-0.2, -0.15) is 0 Å². The zero-order valence-corrected chi connectivity index (χ0v) is 9.41. The zero-order valence-electron chi connectivity index (χ0n) is 8.41. The van der Waals surface area contributed by atoms with Crippen LogP contribution in [0.15, 0.2) is 0 Å². The van der Waals surface area contributed by atoms with E-state index in [1.54, 1.807) is 0 Å². The van der Waals surface area contributed by atoms with Crippen molar-refractivity contribution in [2.45, 2.75) is 20.8 Å². The second-order valence-corrected chi connectivity index (χ2v) is 4.53. The molecule has 0 aliphatic rings. The van der Waals surface area contributed by atoms with Crippen molar-refractivity contribution in [1.82, 2.24) is 4.90 Å². The van der Waals surface area contributed by atoms with Crippen LogP contribution < -0.4 is 0 Å². The Morgan fingerprint density at radius 3 is 1.08 bits per heavy atom. The van der Waals surface area contributed by atoms with E-state index < -0.39 is 7.94 Å². The molecule has 12 heavy (non-hydrogen) atoms. The SMILES string of the molecule is CCN(CC)CC.C[PH](O)(O)O. The van der Waals surface area contributed by atoms with Crippen LogP contribution in [0.25, 0.3) is 0 Å². The molecule has 4 nitrogen and oxygen atoms in total. The monoisotopic (exact) mass is 199 g/mol. The van der Waals surface area contributed by atoms with Crippen LogP contribution in [0.4, 0.5) is 0 Å². The van der Waals surface area contributed by atoms with Crippen LogP contribution in [0.2, 0.25) is 0 Å². The Morgan fingerprint density at radius 1 is 0.917 bits per heavy atom. The van der Waals surface area contributed by atoms with Crippen LogP contribution >= 0.6 is 7.94 Å². The molecule has 0 aromatic carbocycles. The van der Waals surface area contributed by atoms with Crippen LogP contribution in [0, 0.1) is 0 Å². The molecule has 0 radical (unpaired) electrons. The minimum atomic E-state index is -3.61. The van der Waals surface area contributed by atoms with Gasteiger partial charge < -0.3 is 4.90 Å². The Kier molecular flexibility index (Phi) is 9.72. The third-order valence-corrected chi connectivity index (χ3v) is 1.34. The van der Waals surface area contributed by atoms with Gasteiger partial charge in [-0.25, -0.2) is 0 Å². The fourth-order valence-corrected chi connectivity index (χ4v) is 0.671. The van der Waals surface area contributed by atoms with E-state index in [1.165, 1.54) is 19.6 Å². The molecule has 0 spiro atoms. The predicted molar refractivity (Wildman–Crippen MR) is 54.4 cm³/mol. The number of hydrogen-bond donors (Lipinski definition) is 3. The van der Waals surface area contributed by atoms with Gasteiger partial charge in [0.1, 0.15) is 0 Å². The Bertz CT molecular complexity index is 79.6. The molecule has 78 valence electrons. The van der Waals surface area contributed by atoms with E-state index >= 15 is 0 Å². The summed E-state index contributed by atoms with van der Waals surface area (Å²) in [6, 6.07) is 0. The van der Waals surface area contributed by atoms with Gasteiger partial charge in [0.15, 0.2) is 0 Å². The molecule has 0 aliphatic carbocycles. The number of hydrogen-bond acceptors (Lipinski definition) is 4. The van der Waals surface area contributed by atoms with Crippen molar-refractivity contribution in [2.75, 3.05) is 26.3 Å². The molecular weight excluding hydrogens is 177 g/mol. The van der Waals surface area contributed by atoms with E-state index in [0.717, 1.165) is 6.66 Å². The van der Waals surface area contributed by atoms with Crippen molar-refractivity contribution in [2.24, 2.45) is 0 Å². The maximum atomic E-state index is 7.77. The van der Waals surface area contributed by atoms with Crippen molar-refractivity contribution in [3.63, 3.8) is 0 Å². The van der Waals surface area contributed by atoms with Crippen LogP contribution in [-0.4, -0.2) is 45.9 Å². The molecule has 0 fully saturated rings. The Hall–Kier alpha value is 0.270. The summed E-state index contributed by atoms with van der Waals surface area (Å²) in [5, 5.41) is 0. The van der Waals surface area contributed by atoms with E-state index in [4.69, 9.17) is 14.7 Å². The molecule has 0 aromatic rings. The fraction of sp³-hybridized carbons (Fsp3) is 1.00.